The molecule has 0 aliphatic carbocycles. The van der Waals surface area contributed by atoms with E-state index in [9.17, 15) is 18.0 Å². The average molecular weight is 237 g/mol. The van der Waals surface area contributed by atoms with Crippen LogP contribution in [0.1, 0.15) is 6.42 Å². The topological polar surface area (TPSA) is 62.7 Å². The van der Waals surface area contributed by atoms with Gasteiger partial charge < -0.3 is 10.1 Å². The zero-order valence-corrected chi connectivity index (χ0v) is 8.17. The number of nitrogens with zero attached hydrogens (tertiary/aromatic N) is 1. The molecule has 0 aromatic heterocycles. The van der Waals surface area contributed by atoms with E-state index in [1.807, 2.05) is 0 Å². The van der Waals surface area contributed by atoms with Crippen LogP contribution < -0.4 is 10.7 Å². The monoisotopic (exact) mass is 237 g/mol. The molecule has 0 spiro atoms. The molecule has 2 rings (SSSR count). The number of carbonyl (C=O) groups is 1. The lowest BCUT2D eigenvalue weighted by molar-refractivity contribution is -0.207. The molecule has 2 aliphatic rings. The quantitative estimate of drug-likeness (QED) is 0.629. The number of halogens is 3. The third-order valence-corrected chi connectivity index (χ3v) is 2.53. The van der Waals surface area contributed by atoms with E-state index in [1.54, 1.807) is 0 Å². The summed E-state index contributed by atoms with van der Waals surface area (Å²) in [5.74, 6) is -2.44. The second kappa shape index (κ2) is 3.93. The zero-order chi connectivity index (χ0) is 11.8. The van der Waals surface area contributed by atoms with E-state index in [1.165, 1.54) is 0 Å². The van der Waals surface area contributed by atoms with Crippen LogP contribution in [0.5, 0.6) is 0 Å². The van der Waals surface area contributed by atoms with Crippen molar-refractivity contribution in [1.29, 1.82) is 0 Å². The van der Waals surface area contributed by atoms with E-state index in [-0.39, 0.29) is 5.92 Å². The third kappa shape index (κ3) is 2.11. The van der Waals surface area contributed by atoms with Gasteiger partial charge >= 0.3 is 12.1 Å². The summed E-state index contributed by atoms with van der Waals surface area (Å²) >= 11 is 0. The van der Waals surface area contributed by atoms with Gasteiger partial charge in [0.2, 0.25) is 0 Å². The molecule has 2 heterocycles. The molecule has 0 bridgehead atoms. The van der Waals surface area contributed by atoms with E-state index in [0.717, 1.165) is 0 Å². The molecule has 90 valence electrons. The molecule has 2 aliphatic heterocycles. The van der Waals surface area contributed by atoms with Gasteiger partial charge in [-0.1, -0.05) is 0 Å². The van der Waals surface area contributed by atoms with E-state index >= 15 is 0 Å². The summed E-state index contributed by atoms with van der Waals surface area (Å²) in [6.07, 6.45) is -5.36. The molecule has 0 aromatic carbocycles. The van der Waals surface area contributed by atoms with E-state index in [2.05, 4.69) is 20.6 Å². The molecule has 5 nitrogen and oxygen atoms in total. The van der Waals surface area contributed by atoms with Gasteiger partial charge in [-0.05, 0) is 13.0 Å². The molecule has 0 saturated carbocycles. The first-order chi connectivity index (χ1) is 7.48. The summed E-state index contributed by atoms with van der Waals surface area (Å²) in [6.45, 7) is 1.18. The summed E-state index contributed by atoms with van der Waals surface area (Å²) in [5.41, 5.74) is 3.11. The molecular weight excluding hydrogens is 227 g/mol. The number of hydrogen-bond acceptors (Lipinski definition) is 5. The van der Waals surface area contributed by atoms with E-state index < -0.39 is 18.4 Å². The molecule has 1 fully saturated rings. The molecule has 2 N–H and O–H groups in total. The highest BCUT2D eigenvalue weighted by Crippen LogP contribution is 2.24. The SMILES string of the molecule is O=C(OC1NN=C2CNCCC21)C(F)(F)F. The second-order valence-corrected chi connectivity index (χ2v) is 3.63. The maximum Gasteiger partial charge on any atom is 0.491 e. The van der Waals surface area contributed by atoms with Crippen molar-refractivity contribution in [3.8, 4) is 0 Å². The number of hydrogen-bond donors (Lipinski definition) is 2. The van der Waals surface area contributed by atoms with Gasteiger partial charge in [0, 0.05) is 6.54 Å². The Balaban J connectivity index is 1.95. The first-order valence-electron chi connectivity index (χ1n) is 4.79. The van der Waals surface area contributed by atoms with Crippen molar-refractivity contribution < 1.29 is 22.7 Å². The Labute approximate surface area is 89.0 Å². The van der Waals surface area contributed by atoms with Crippen LogP contribution in [0.15, 0.2) is 5.10 Å². The number of alkyl halides is 3. The van der Waals surface area contributed by atoms with Crippen molar-refractivity contribution >= 4 is 11.7 Å². The van der Waals surface area contributed by atoms with Gasteiger partial charge in [-0.15, -0.1) is 0 Å². The smallest absolute Gasteiger partial charge is 0.433 e. The molecule has 8 heteroatoms. The highest BCUT2D eigenvalue weighted by atomic mass is 19.4. The minimum absolute atomic E-state index is 0.257. The summed E-state index contributed by atoms with van der Waals surface area (Å²) in [7, 11) is 0. The standard InChI is InChI=1S/C8H10F3N3O2/c9-8(10,11)7(15)16-6-4-1-2-12-3-5(4)13-14-6/h4,6,12,14H,1-3H2. The third-order valence-electron chi connectivity index (χ3n) is 2.53. The van der Waals surface area contributed by atoms with Crippen LogP contribution in [0.2, 0.25) is 0 Å². The summed E-state index contributed by atoms with van der Waals surface area (Å²) in [4.78, 5) is 10.6. The number of rotatable bonds is 1. The van der Waals surface area contributed by atoms with Crippen molar-refractivity contribution in [2.24, 2.45) is 11.0 Å². The fourth-order valence-corrected chi connectivity index (χ4v) is 1.75. The van der Waals surface area contributed by atoms with Crippen LogP contribution >= 0.6 is 0 Å². The lowest BCUT2D eigenvalue weighted by Crippen LogP contribution is -2.44. The molecule has 0 radical (unpaired) electrons. The van der Waals surface area contributed by atoms with Crippen LogP contribution in [0.4, 0.5) is 13.2 Å². The Hall–Kier alpha value is -1.31. The minimum Gasteiger partial charge on any atom is -0.433 e. The van der Waals surface area contributed by atoms with Crippen molar-refractivity contribution in [2.45, 2.75) is 18.8 Å². The number of nitrogens with one attached hydrogen (secondary N) is 2. The van der Waals surface area contributed by atoms with Gasteiger partial charge in [-0.25, -0.2) is 4.79 Å². The number of fused-ring (bicyclic) bond motifs is 1. The van der Waals surface area contributed by atoms with Crippen molar-refractivity contribution in [2.75, 3.05) is 13.1 Å². The van der Waals surface area contributed by atoms with Crippen LogP contribution in [0, 0.1) is 5.92 Å². The van der Waals surface area contributed by atoms with Gasteiger partial charge in [-0.3, -0.25) is 5.43 Å². The van der Waals surface area contributed by atoms with Crippen molar-refractivity contribution in [3.63, 3.8) is 0 Å². The Bertz CT molecular complexity index is 329. The molecular formula is C8H10F3N3O2. The Morgan fingerprint density at radius 3 is 2.94 bits per heavy atom. The van der Waals surface area contributed by atoms with Gasteiger partial charge in [0.05, 0.1) is 11.6 Å². The van der Waals surface area contributed by atoms with Gasteiger partial charge in [0.1, 0.15) is 0 Å². The Morgan fingerprint density at radius 2 is 2.25 bits per heavy atom. The maximum absolute atomic E-state index is 12.0. The predicted octanol–water partition coefficient (Wildman–Crippen LogP) is -0.0133. The van der Waals surface area contributed by atoms with Crippen LogP contribution in [0.3, 0.4) is 0 Å². The molecule has 2 unspecified atom stereocenters. The highest BCUT2D eigenvalue weighted by Gasteiger charge is 2.45. The molecule has 2 atom stereocenters. The number of carbonyl (C=O) groups excluding carboxylic acids is 1. The van der Waals surface area contributed by atoms with Gasteiger partial charge in [0.25, 0.3) is 0 Å². The Morgan fingerprint density at radius 1 is 1.50 bits per heavy atom. The average Bonchev–Trinajstić information content (AvgIpc) is 2.61. The Kier molecular flexibility index (Phi) is 2.75. The predicted molar refractivity (Wildman–Crippen MR) is 47.5 cm³/mol. The van der Waals surface area contributed by atoms with Crippen LogP contribution in [0.25, 0.3) is 0 Å². The summed E-state index contributed by atoms with van der Waals surface area (Å²) in [6, 6.07) is 0. The zero-order valence-electron chi connectivity index (χ0n) is 8.17. The van der Waals surface area contributed by atoms with Gasteiger partial charge in [-0.2, -0.15) is 18.3 Å². The number of ether oxygens (including phenoxy) is 1. The van der Waals surface area contributed by atoms with Crippen molar-refractivity contribution in [3.05, 3.63) is 0 Å². The fourth-order valence-electron chi connectivity index (χ4n) is 1.75. The fraction of sp³-hybridized carbons (Fsp3) is 0.750. The lowest BCUT2D eigenvalue weighted by Gasteiger charge is -2.24. The molecule has 1 saturated heterocycles. The first-order valence-corrected chi connectivity index (χ1v) is 4.79. The second-order valence-electron chi connectivity index (χ2n) is 3.63. The van der Waals surface area contributed by atoms with E-state index in [0.29, 0.717) is 25.2 Å². The van der Waals surface area contributed by atoms with E-state index in [4.69, 9.17) is 0 Å². The number of hydrazone groups is 1. The normalized spacial score (nSPS) is 29.1. The van der Waals surface area contributed by atoms with Crippen molar-refractivity contribution in [1.82, 2.24) is 10.7 Å². The lowest BCUT2D eigenvalue weighted by atomic mass is 9.95. The molecule has 0 aromatic rings. The van der Waals surface area contributed by atoms with Crippen LogP contribution in [-0.2, 0) is 9.53 Å². The summed E-state index contributed by atoms with van der Waals surface area (Å²) in [5, 5.41) is 6.86. The first kappa shape index (κ1) is 11.2. The maximum atomic E-state index is 12.0. The molecule has 16 heavy (non-hydrogen) atoms. The summed E-state index contributed by atoms with van der Waals surface area (Å²) < 4.78 is 40.3. The van der Waals surface area contributed by atoms with Crippen LogP contribution in [-0.4, -0.2) is 37.2 Å². The van der Waals surface area contributed by atoms with Gasteiger partial charge in [0.15, 0.2) is 6.23 Å². The number of esters is 1. The largest absolute Gasteiger partial charge is 0.491 e. The highest BCUT2D eigenvalue weighted by molar-refractivity contribution is 5.91. The minimum atomic E-state index is -4.96. The number of piperidine rings is 1. The molecule has 0 amide bonds.